The molecule has 2 unspecified atom stereocenters. The number of nitrogens with zero attached hydrogens (tertiary/aromatic N) is 3. The van der Waals surface area contributed by atoms with Gasteiger partial charge in [-0.1, -0.05) is 6.92 Å². The van der Waals surface area contributed by atoms with Gasteiger partial charge in [0.1, 0.15) is 11.3 Å². The van der Waals surface area contributed by atoms with E-state index < -0.39 is 0 Å². The molecule has 3 rings (SSSR count). The van der Waals surface area contributed by atoms with Crippen molar-refractivity contribution in [1.82, 2.24) is 15.0 Å². The van der Waals surface area contributed by atoms with Gasteiger partial charge in [0.25, 0.3) is 0 Å². The summed E-state index contributed by atoms with van der Waals surface area (Å²) in [6.07, 6.45) is 4.58. The Hall–Kier alpha value is -1.71. The Morgan fingerprint density at radius 2 is 2.07 bits per heavy atom. The fourth-order valence-electron chi connectivity index (χ4n) is 1.65. The van der Waals surface area contributed by atoms with Crippen molar-refractivity contribution in [3.8, 4) is 0 Å². The van der Waals surface area contributed by atoms with E-state index in [0.717, 1.165) is 17.3 Å². The van der Waals surface area contributed by atoms with E-state index in [2.05, 4.69) is 27.2 Å². The van der Waals surface area contributed by atoms with Gasteiger partial charge in [-0.3, -0.25) is 4.98 Å². The minimum Gasteiger partial charge on any atom is -0.367 e. The number of hydrogen-bond acceptors (Lipinski definition) is 4. The minimum atomic E-state index is 0.589. The zero-order valence-corrected chi connectivity index (χ0v) is 8.51. The van der Waals surface area contributed by atoms with Gasteiger partial charge < -0.3 is 5.32 Å². The molecule has 1 aliphatic rings. The first kappa shape index (κ1) is 8.59. The van der Waals surface area contributed by atoms with E-state index in [1.165, 1.54) is 6.42 Å². The Morgan fingerprint density at radius 1 is 1.27 bits per heavy atom. The Labute approximate surface area is 87.8 Å². The lowest BCUT2D eigenvalue weighted by atomic mass is 10.4. The van der Waals surface area contributed by atoms with Crippen LogP contribution >= 0.6 is 0 Å². The van der Waals surface area contributed by atoms with Crippen LogP contribution in [0.5, 0.6) is 0 Å². The third kappa shape index (κ3) is 1.63. The van der Waals surface area contributed by atoms with E-state index in [0.29, 0.717) is 11.7 Å². The van der Waals surface area contributed by atoms with Crippen molar-refractivity contribution < 1.29 is 0 Å². The van der Waals surface area contributed by atoms with Gasteiger partial charge in [0.2, 0.25) is 0 Å². The summed E-state index contributed by atoms with van der Waals surface area (Å²) >= 11 is 0. The van der Waals surface area contributed by atoms with Gasteiger partial charge in [0.15, 0.2) is 5.65 Å². The second-order valence-corrected chi connectivity index (χ2v) is 4.06. The maximum Gasteiger partial charge on any atom is 0.180 e. The molecule has 1 aliphatic carbocycles. The Balaban J connectivity index is 1.92. The zero-order chi connectivity index (χ0) is 10.3. The molecule has 0 saturated heterocycles. The molecule has 0 amide bonds. The zero-order valence-electron chi connectivity index (χ0n) is 8.51. The van der Waals surface area contributed by atoms with Crippen LogP contribution < -0.4 is 5.32 Å². The van der Waals surface area contributed by atoms with Crippen LogP contribution in [-0.2, 0) is 0 Å². The van der Waals surface area contributed by atoms with Crippen molar-refractivity contribution in [1.29, 1.82) is 0 Å². The van der Waals surface area contributed by atoms with E-state index in [-0.39, 0.29) is 0 Å². The van der Waals surface area contributed by atoms with Crippen molar-refractivity contribution >= 4 is 17.0 Å². The van der Waals surface area contributed by atoms with E-state index >= 15 is 0 Å². The SMILES string of the molecule is CC1CC1Nc1ccc2nccnc2n1. The third-order valence-corrected chi connectivity index (χ3v) is 2.77. The highest BCUT2D eigenvalue weighted by Crippen LogP contribution is 2.32. The van der Waals surface area contributed by atoms with Gasteiger partial charge >= 0.3 is 0 Å². The molecular formula is C11H12N4. The van der Waals surface area contributed by atoms with Gasteiger partial charge in [-0.2, -0.15) is 0 Å². The Kier molecular flexibility index (Phi) is 1.80. The highest BCUT2D eigenvalue weighted by Gasteiger charge is 2.32. The van der Waals surface area contributed by atoms with E-state index in [9.17, 15) is 0 Å². The number of rotatable bonds is 2. The fraction of sp³-hybridized carbons (Fsp3) is 0.364. The van der Waals surface area contributed by atoms with Crippen molar-refractivity contribution in [2.75, 3.05) is 5.32 Å². The standard InChI is InChI=1S/C11H12N4/c1-7-6-9(7)14-10-3-2-8-11(15-10)13-5-4-12-8/h2-5,7,9H,6H2,1H3,(H,13,14,15). The summed E-state index contributed by atoms with van der Waals surface area (Å²) in [5.41, 5.74) is 1.54. The van der Waals surface area contributed by atoms with Crippen LogP contribution in [0.3, 0.4) is 0 Å². The number of fused-ring (bicyclic) bond motifs is 1. The molecule has 4 heteroatoms. The molecule has 2 aromatic rings. The maximum atomic E-state index is 4.41. The van der Waals surface area contributed by atoms with Gasteiger partial charge in [-0.15, -0.1) is 0 Å². The normalized spacial score (nSPS) is 24.1. The smallest absolute Gasteiger partial charge is 0.180 e. The van der Waals surface area contributed by atoms with E-state index in [1.807, 2.05) is 12.1 Å². The van der Waals surface area contributed by atoms with E-state index in [1.54, 1.807) is 12.4 Å². The highest BCUT2D eigenvalue weighted by atomic mass is 15.1. The average Bonchev–Trinajstić information content (AvgIpc) is 2.94. The molecule has 15 heavy (non-hydrogen) atoms. The number of nitrogens with one attached hydrogen (secondary N) is 1. The average molecular weight is 200 g/mol. The summed E-state index contributed by atoms with van der Waals surface area (Å²) in [7, 11) is 0. The molecule has 0 aliphatic heterocycles. The lowest BCUT2D eigenvalue weighted by Gasteiger charge is -2.04. The molecule has 4 nitrogen and oxygen atoms in total. The predicted octanol–water partition coefficient (Wildman–Crippen LogP) is 1.85. The summed E-state index contributed by atoms with van der Waals surface area (Å²) in [6.45, 7) is 2.23. The number of hydrogen-bond donors (Lipinski definition) is 1. The summed E-state index contributed by atoms with van der Waals surface area (Å²) in [5, 5.41) is 3.38. The molecule has 2 aromatic heterocycles. The first-order chi connectivity index (χ1) is 7.33. The summed E-state index contributed by atoms with van der Waals surface area (Å²) < 4.78 is 0. The molecule has 1 fully saturated rings. The number of pyridine rings is 1. The Morgan fingerprint density at radius 3 is 2.87 bits per heavy atom. The lowest BCUT2D eigenvalue weighted by molar-refractivity contribution is 0.924. The van der Waals surface area contributed by atoms with Gasteiger partial charge in [-0.25, -0.2) is 9.97 Å². The van der Waals surface area contributed by atoms with Crippen molar-refractivity contribution in [3.05, 3.63) is 24.5 Å². The molecule has 2 heterocycles. The molecular weight excluding hydrogens is 188 g/mol. The second kappa shape index (κ2) is 3.15. The highest BCUT2D eigenvalue weighted by molar-refractivity contribution is 5.71. The first-order valence-electron chi connectivity index (χ1n) is 5.17. The van der Waals surface area contributed by atoms with Crippen LogP contribution in [0.1, 0.15) is 13.3 Å². The number of aromatic nitrogens is 3. The van der Waals surface area contributed by atoms with Gasteiger partial charge in [0, 0.05) is 18.4 Å². The van der Waals surface area contributed by atoms with Crippen molar-refractivity contribution in [3.63, 3.8) is 0 Å². The monoisotopic (exact) mass is 200 g/mol. The van der Waals surface area contributed by atoms with Crippen LogP contribution in [-0.4, -0.2) is 21.0 Å². The van der Waals surface area contributed by atoms with Crippen LogP contribution in [0.15, 0.2) is 24.5 Å². The molecule has 76 valence electrons. The molecule has 0 bridgehead atoms. The predicted molar refractivity (Wildman–Crippen MR) is 58.5 cm³/mol. The topological polar surface area (TPSA) is 50.7 Å². The van der Waals surface area contributed by atoms with Crippen molar-refractivity contribution in [2.24, 2.45) is 5.92 Å². The molecule has 0 spiro atoms. The Bertz CT molecular complexity index is 497. The quantitative estimate of drug-likeness (QED) is 0.803. The number of anilines is 1. The first-order valence-corrected chi connectivity index (χ1v) is 5.17. The maximum absolute atomic E-state index is 4.41. The molecule has 1 saturated carbocycles. The fourth-order valence-corrected chi connectivity index (χ4v) is 1.65. The summed E-state index contributed by atoms with van der Waals surface area (Å²) in [6, 6.07) is 4.50. The minimum absolute atomic E-state index is 0.589. The molecule has 2 atom stereocenters. The van der Waals surface area contributed by atoms with Crippen LogP contribution in [0.4, 0.5) is 5.82 Å². The summed E-state index contributed by atoms with van der Waals surface area (Å²) in [5.74, 6) is 1.67. The van der Waals surface area contributed by atoms with Gasteiger partial charge in [0.05, 0.1) is 0 Å². The van der Waals surface area contributed by atoms with Gasteiger partial charge in [-0.05, 0) is 24.5 Å². The molecule has 1 N–H and O–H groups in total. The summed E-state index contributed by atoms with van der Waals surface area (Å²) in [4.78, 5) is 12.8. The third-order valence-electron chi connectivity index (χ3n) is 2.77. The largest absolute Gasteiger partial charge is 0.367 e. The lowest BCUT2D eigenvalue weighted by Crippen LogP contribution is -2.05. The second-order valence-electron chi connectivity index (χ2n) is 4.06. The van der Waals surface area contributed by atoms with Crippen molar-refractivity contribution in [2.45, 2.75) is 19.4 Å². The van der Waals surface area contributed by atoms with E-state index in [4.69, 9.17) is 0 Å². The van der Waals surface area contributed by atoms with Crippen LogP contribution in [0.25, 0.3) is 11.2 Å². The van der Waals surface area contributed by atoms with Crippen LogP contribution in [0, 0.1) is 5.92 Å². The molecule has 0 aromatic carbocycles. The molecule has 0 radical (unpaired) electrons. The van der Waals surface area contributed by atoms with Crippen LogP contribution in [0.2, 0.25) is 0 Å².